The van der Waals surface area contributed by atoms with Gasteiger partial charge in [-0.05, 0) is 30.4 Å². The minimum atomic E-state index is -0.692. The quantitative estimate of drug-likeness (QED) is 0.870. The number of furan rings is 1. The predicted molar refractivity (Wildman–Crippen MR) is 66.2 cm³/mol. The molecular weight excluding hydrogens is 230 g/mol. The van der Waals surface area contributed by atoms with Gasteiger partial charge in [-0.25, -0.2) is 0 Å². The van der Waals surface area contributed by atoms with Gasteiger partial charge >= 0.3 is 5.97 Å². The van der Waals surface area contributed by atoms with E-state index in [2.05, 4.69) is 24.0 Å². The van der Waals surface area contributed by atoms with Crippen LogP contribution in [-0.2, 0) is 11.3 Å². The summed E-state index contributed by atoms with van der Waals surface area (Å²) < 4.78 is 5.84. The van der Waals surface area contributed by atoms with Gasteiger partial charge in [0.1, 0.15) is 11.5 Å². The second kappa shape index (κ2) is 4.43. The number of hydrogen-bond acceptors (Lipinski definition) is 3. The molecule has 1 saturated heterocycles. The van der Waals surface area contributed by atoms with Crippen LogP contribution in [-0.4, -0.2) is 29.1 Å². The fourth-order valence-electron chi connectivity index (χ4n) is 2.80. The Morgan fingerprint density at radius 3 is 2.83 bits per heavy atom. The highest BCUT2D eigenvalue weighted by atomic mass is 16.4. The highest BCUT2D eigenvalue weighted by Crippen LogP contribution is 2.47. The molecule has 0 radical (unpaired) electrons. The Morgan fingerprint density at radius 2 is 2.22 bits per heavy atom. The maximum absolute atomic E-state index is 10.5. The fraction of sp³-hybridized carbons (Fsp3) is 0.643. The van der Waals surface area contributed by atoms with Crippen molar-refractivity contribution in [2.75, 3.05) is 13.1 Å². The third-order valence-electron chi connectivity index (χ3n) is 4.03. The van der Waals surface area contributed by atoms with Crippen LogP contribution in [0.15, 0.2) is 16.5 Å². The Morgan fingerprint density at radius 1 is 1.50 bits per heavy atom. The molecule has 18 heavy (non-hydrogen) atoms. The lowest BCUT2D eigenvalue weighted by Crippen LogP contribution is -2.46. The van der Waals surface area contributed by atoms with Crippen molar-refractivity contribution in [1.29, 1.82) is 0 Å². The van der Waals surface area contributed by atoms with Crippen LogP contribution in [0.5, 0.6) is 0 Å². The second-order valence-electron chi connectivity index (χ2n) is 5.78. The molecule has 4 heteroatoms. The van der Waals surface area contributed by atoms with Gasteiger partial charge in [0.15, 0.2) is 0 Å². The molecule has 0 amide bonds. The van der Waals surface area contributed by atoms with Crippen molar-refractivity contribution in [3.05, 3.63) is 23.7 Å². The molecule has 4 nitrogen and oxygen atoms in total. The van der Waals surface area contributed by atoms with Crippen LogP contribution in [0.4, 0.5) is 0 Å². The Hall–Kier alpha value is -1.29. The monoisotopic (exact) mass is 249 g/mol. The highest BCUT2D eigenvalue weighted by molar-refractivity contribution is 5.67. The van der Waals surface area contributed by atoms with Gasteiger partial charge in [-0.2, -0.15) is 0 Å². The van der Waals surface area contributed by atoms with Crippen molar-refractivity contribution in [2.24, 2.45) is 11.8 Å². The average Bonchev–Trinajstić information content (AvgIpc) is 2.81. The highest BCUT2D eigenvalue weighted by Gasteiger charge is 2.37. The van der Waals surface area contributed by atoms with Gasteiger partial charge < -0.3 is 9.52 Å². The molecule has 3 rings (SSSR count). The van der Waals surface area contributed by atoms with E-state index in [0.717, 1.165) is 37.1 Å². The number of rotatable bonds is 5. The van der Waals surface area contributed by atoms with Gasteiger partial charge in [0.25, 0.3) is 0 Å². The molecule has 1 aliphatic heterocycles. The van der Waals surface area contributed by atoms with E-state index in [9.17, 15) is 4.79 Å². The van der Waals surface area contributed by atoms with Crippen LogP contribution in [0, 0.1) is 11.8 Å². The summed E-state index contributed by atoms with van der Waals surface area (Å²) in [5, 5.41) is 8.68. The minimum absolute atomic E-state index is 0.291. The van der Waals surface area contributed by atoms with E-state index in [0.29, 0.717) is 18.3 Å². The average molecular weight is 249 g/mol. The Labute approximate surface area is 107 Å². The lowest BCUT2D eigenvalue weighted by atomic mass is 9.96. The van der Waals surface area contributed by atoms with Crippen LogP contribution in [0.2, 0.25) is 0 Å². The molecule has 0 bridgehead atoms. The Kier molecular flexibility index (Phi) is 2.90. The summed E-state index contributed by atoms with van der Waals surface area (Å²) in [5.41, 5.74) is 0. The van der Waals surface area contributed by atoms with Gasteiger partial charge in [-0.15, -0.1) is 0 Å². The van der Waals surface area contributed by atoms with Crippen molar-refractivity contribution in [3.8, 4) is 0 Å². The molecule has 1 aromatic rings. The fourth-order valence-corrected chi connectivity index (χ4v) is 2.80. The maximum atomic E-state index is 10.5. The summed E-state index contributed by atoms with van der Waals surface area (Å²) in [7, 11) is 0. The van der Waals surface area contributed by atoms with Gasteiger partial charge in [0.05, 0.1) is 13.0 Å². The Balaban J connectivity index is 1.47. The largest absolute Gasteiger partial charge is 0.481 e. The minimum Gasteiger partial charge on any atom is -0.481 e. The van der Waals surface area contributed by atoms with Crippen LogP contribution in [0.3, 0.4) is 0 Å². The van der Waals surface area contributed by atoms with Gasteiger partial charge in [0.2, 0.25) is 0 Å². The lowest BCUT2D eigenvalue weighted by Gasteiger charge is -2.37. The van der Waals surface area contributed by atoms with Gasteiger partial charge in [0, 0.05) is 19.0 Å². The van der Waals surface area contributed by atoms with Crippen molar-refractivity contribution < 1.29 is 14.3 Å². The van der Waals surface area contributed by atoms with E-state index < -0.39 is 5.97 Å². The molecule has 0 spiro atoms. The number of likely N-dealkylation sites (tertiary alicyclic amines) is 1. The molecular formula is C14H19NO3. The summed E-state index contributed by atoms with van der Waals surface area (Å²) in [6.07, 6.45) is 1.54. The topological polar surface area (TPSA) is 53.7 Å². The maximum Gasteiger partial charge on any atom is 0.303 e. The molecule has 2 fully saturated rings. The molecule has 98 valence electrons. The van der Waals surface area contributed by atoms with Crippen molar-refractivity contribution >= 4 is 5.97 Å². The zero-order valence-electron chi connectivity index (χ0n) is 10.6. The van der Waals surface area contributed by atoms with E-state index >= 15 is 0 Å². The molecule has 0 aromatic carbocycles. The van der Waals surface area contributed by atoms with Crippen molar-refractivity contribution in [1.82, 2.24) is 4.90 Å². The third-order valence-corrected chi connectivity index (χ3v) is 4.03. The van der Waals surface area contributed by atoms with E-state index in [1.165, 1.54) is 6.42 Å². The number of hydrogen-bond donors (Lipinski definition) is 1. The molecule has 2 atom stereocenters. The first-order valence-electron chi connectivity index (χ1n) is 6.64. The molecule has 1 saturated carbocycles. The molecule has 2 unspecified atom stereocenters. The van der Waals surface area contributed by atoms with E-state index in [1.807, 2.05) is 0 Å². The van der Waals surface area contributed by atoms with Crippen molar-refractivity contribution in [2.45, 2.75) is 32.2 Å². The standard InChI is InChI=1S/C14H19NO3/c1-9-4-12(9)13-3-2-11(18-13)8-15-6-10(7-15)5-14(16)17/h2-3,9-10,12H,4-8H2,1H3,(H,16,17). The van der Waals surface area contributed by atoms with Gasteiger partial charge in [-0.3, -0.25) is 9.69 Å². The number of carbonyl (C=O) groups is 1. The number of carboxylic acid groups (broad SMARTS) is 1. The van der Waals surface area contributed by atoms with Crippen LogP contribution < -0.4 is 0 Å². The van der Waals surface area contributed by atoms with Crippen LogP contribution in [0.25, 0.3) is 0 Å². The lowest BCUT2D eigenvalue weighted by molar-refractivity contribution is -0.139. The first-order valence-corrected chi connectivity index (χ1v) is 6.64. The first-order chi connectivity index (χ1) is 8.61. The molecule has 1 aliphatic carbocycles. The van der Waals surface area contributed by atoms with E-state index in [1.54, 1.807) is 0 Å². The SMILES string of the molecule is CC1CC1c1ccc(CN2CC(CC(=O)O)C2)o1. The molecule has 1 aromatic heterocycles. The molecule has 1 N–H and O–H groups in total. The summed E-state index contributed by atoms with van der Waals surface area (Å²) >= 11 is 0. The number of carboxylic acids is 1. The summed E-state index contributed by atoms with van der Waals surface area (Å²) in [6, 6.07) is 4.16. The van der Waals surface area contributed by atoms with E-state index in [-0.39, 0.29) is 0 Å². The number of aliphatic carboxylic acids is 1. The molecule has 2 heterocycles. The first kappa shape index (κ1) is 11.8. The zero-order chi connectivity index (χ0) is 12.7. The smallest absolute Gasteiger partial charge is 0.303 e. The zero-order valence-corrected chi connectivity index (χ0v) is 10.6. The van der Waals surface area contributed by atoms with E-state index in [4.69, 9.17) is 9.52 Å². The normalized spacial score (nSPS) is 28.1. The summed E-state index contributed by atoms with van der Waals surface area (Å²) in [5.74, 6) is 3.17. The number of nitrogens with zero attached hydrogens (tertiary/aromatic N) is 1. The van der Waals surface area contributed by atoms with Crippen LogP contribution >= 0.6 is 0 Å². The van der Waals surface area contributed by atoms with Gasteiger partial charge in [-0.1, -0.05) is 6.92 Å². The predicted octanol–water partition coefficient (Wildman–Crippen LogP) is 2.31. The Bertz CT molecular complexity index is 448. The third kappa shape index (κ3) is 2.43. The van der Waals surface area contributed by atoms with Crippen molar-refractivity contribution in [3.63, 3.8) is 0 Å². The van der Waals surface area contributed by atoms with Crippen LogP contribution in [0.1, 0.15) is 37.2 Å². The summed E-state index contributed by atoms with van der Waals surface area (Å²) in [6.45, 7) is 4.82. The summed E-state index contributed by atoms with van der Waals surface area (Å²) in [4.78, 5) is 12.8. The second-order valence-corrected chi connectivity index (χ2v) is 5.78. The molecule has 2 aliphatic rings.